The molecule has 1 atom stereocenters. The normalized spacial score (nSPS) is 17.3. The molecule has 1 unspecified atom stereocenters. The number of carbonyl (C=O) groups is 6. The molecule has 1 amide bonds. The molecule has 0 radical (unpaired) electrons. The van der Waals surface area contributed by atoms with Crippen LogP contribution in [0.3, 0.4) is 0 Å². The first-order valence-electron chi connectivity index (χ1n) is 18.9. The topological polar surface area (TPSA) is 185 Å². The molecule has 1 heterocycles. The van der Waals surface area contributed by atoms with Gasteiger partial charge in [0.1, 0.15) is 28.4 Å². The lowest BCUT2D eigenvalue weighted by atomic mass is 10.1. The van der Waals surface area contributed by atoms with E-state index >= 15 is 0 Å². The summed E-state index contributed by atoms with van der Waals surface area (Å²) in [6, 6.07) is -0.882. The predicted molar refractivity (Wildman–Crippen MR) is 203 cm³/mol. The van der Waals surface area contributed by atoms with Gasteiger partial charge in [0, 0.05) is 65.3 Å². The highest BCUT2D eigenvalue weighted by atomic mass is 16.6. The van der Waals surface area contributed by atoms with Crippen LogP contribution in [-0.4, -0.2) is 167 Å². The number of nitrogens with one attached hydrogen (secondary N) is 1. The quantitative estimate of drug-likeness (QED) is 0.194. The number of amides is 1. The number of rotatable bonds is 14. The lowest BCUT2D eigenvalue weighted by Crippen LogP contribution is -2.53. The lowest BCUT2D eigenvalue weighted by molar-refractivity contribution is -0.163. The molecule has 1 rings (SSSR count). The van der Waals surface area contributed by atoms with Gasteiger partial charge in [-0.1, -0.05) is 0 Å². The minimum absolute atomic E-state index is 0.000797. The van der Waals surface area contributed by atoms with Crippen LogP contribution in [-0.2, 0) is 47.7 Å². The third-order valence-corrected chi connectivity index (χ3v) is 7.62. The minimum atomic E-state index is -1.04. The van der Waals surface area contributed by atoms with Crippen LogP contribution in [0.1, 0.15) is 102 Å². The van der Waals surface area contributed by atoms with Crippen molar-refractivity contribution < 1.29 is 52.8 Å². The third kappa shape index (κ3) is 24.1. The van der Waals surface area contributed by atoms with Gasteiger partial charge in [0.15, 0.2) is 0 Å². The number of nitrogens with zero attached hydrogens (tertiary/aromatic N) is 4. The van der Waals surface area contributed by atoms with Crippen LogP contribution >= 0.6 is 0 Å². The summed E-state index contributed by atoms with van der Waals surface area (Å²) in [5, 5.41) is 11.6. The maximum atomic E-state index is 13.8. The van der Waals surface area contributed by atoms with Gasteiger partial charge in [-0.2, -0.15) is 0 Å². The van der Waals surface area contributed by atoms with Crippen molar-refractivity contribution in [1.82, 2.24) is 24.9 Å². The number of ether oxygens (including phenoxy) is 4. The van der Waals surface area contributed by atoms with E-state index in [1.165, 1.54) is 0 Å². The lowest BCUT2D eigenvalue weighted by Gasteiger charge is -2.37. The zero-order valence-electron chi connectivity index (χ0n) is 35.0. The summed E-state index contributed by atoms with van der Waals surface area (Å²) in [5.41, 5.74) is -2.91. The number of carbonyl (C=O) groups excluding carboxylic acids is 5. The van der Waals surface area contributed by atoms with Crippen molar-refractivity contribution in [2.45, 2.75) is 131 Å². The predicted octanol–water partition coefficient (Wildman–Crippen LogP) is 2.31. The molecule has 1 saturated heterocycles. The molecule has 312 valence electrons. The largest absolute Gasteiger partial charge is 0.481 e. The molecule has 0 saturated carbocycles. The van der Waals surface area contributed by atoms with Crippen LogP contribution < -0.4 is 5.32 Å². The average molecular weight is 772 g/mol. The number of esters is 4. The first-order chi connectivity index (χ1) is 24.6. The van der Waals surface area contributed by atoms with Gasteiger partial charge in [0.25, 0.3) is 0 Å². The van der Waals surface area contributed by atoms with Gasteiger partial charge in [-0.3, -0.25) is 48.4 Å². The maximum Gasteiger partial charge on any atom is 0.323 e. The SMILES string of the molecule is CC(C)(C)OC(=O)CN1CCN(CC(=O)OC(C)(C)C)CCN(C(CCC(=O)NCCC(=O)O)C(=O)OC(C)(C)C)CCN(CC(=O)OC(C)(C)C)CC1. The highest BCUT2D eigenvalue weighted by molar-refractivity contribution is 5.80. The number of hydrogen-bond donors (Lipinski definition) is 2. The van der Waals surface area contributed by atoms with Crippen molar-refractivity contribution >= 4 is 35.8 Å². The molecule has 54 heavy (non-hydrogen) atoms. The van der Waals surface area contributed by atoms with Crippen LogP contribution in [0, 0.1) is 0 Å². The molecular weight excluding hydrogens is 702 g/mol. The molecule has 0 aromatic carbocycles. The summed E-state index contributed by atoms with van der Waals surface area (Å²) in [5.74, 6) is -3.22. The Bertz CT molecular complexity index is 1200. The maximum absolute atomic E-state index is 13.8. The molecule has 16 nitrogen and oxygen atoms in total. The van der Waals surface area contributed by atoms with E-state index in [0.29, 0.717) is 39.3 Å². The minimum Gasteiger partial charge on any atom is -0.481 e. The summed E-state index contributed by atoms with van der Waals surface area (Å²) >= 11 is 0. The number of aliphatic carboxylic acids is 1. The second-order valence-electron chi connectivity index (χ2n) is 17.7. The van der Waals surface area contributed by atoms with Crippen molar-refractivity contribution in [1.29, 1.82) is 0 Å². The average Bonchev–Trinajstić information content (AvgIpc) is 2.94. The smallest absolute Gasteiger partial charge is 0.323 e. The van der Waals surface area contributed by atoms with Gasteiger partial charge in [0.2, 0.25) is 5.91 Å². The van der Waals surface area contributed by atoms with Gasteiger partial charge in [0.05, 0.1) is 26.1 Å². The Balaban J connectivity index is 3.55. The Morgan fingerprint density at radius 1 is 0.537 bits per heavy atom. The fourth-order valence-electron chi connectivity index (χ4n) is 5.49. The number of carboxylic acids is 1. The zero-order valence-corrected chi connectivity index (χ0v) is 35.0. The molecule has 0 spiro atoms. The molecule has 0 bridgehead atoms. The summed E-state index contributed by atoms with van der Waals surface area (Å²) in [6.45, 7) is 24.0. The molecule has 1 aliphatic rings. The van der Waals surface area contributed by atoms with Crippen LogP contribution in [0.5, 0.6) is 0 Å². The van der Waals surface area contributed by atoms with Gasteiger partial charge in [-0.15, -0.1) is 0 Å². The van der Waals surface area contributed by atoms with E-state index in [1.54, 1.807) is 83.1 Å². The van der Waals surface area contributed by atoms with Crippen LogP contribution in [0.25, 0.3) is 0 Å². The van der Waals surface area contributed by atoms with E-state index in [0.717, 1.165) is 0 Å². The van der Waals surface area contributed by atoms with Crippen LogP contribution in [0.4, 0.5) is 0 Å². The van der Waals surface area contributed by atoms with Gasteiger partial charge >= 0.3 is 29.8 Å². The second-order valence-corrected chi connectivity index (χ2v) is 17.7. The van der Waals surface area contributed by atoms with E-state index < -0.39 is 64.2 Å². The summed E-state index contributed by atoms with van der Waals surface area (Å²) in [6.07, 6.45) is -0.220. The Hall–Kier alpha value is -3.34. The van der Waals surface area contributed by atoms with E-state index in [9.17, 15) is 28.8 Å². The Labute approximate surface area is 322 Å². The molecule has 0 aromatic heterocycles. The molecule has 0 aliphatic carbocycles. The van der Waals surface area contributed by atoms with Crippen LogP contribution in [0.2, 0.25) is 0 Å². The van der Waals surface area contributed by atoms with Gasteiger partial charge in [-0.05, 0) is 89.5 Å². The second kappa shape index (κ2) is 21.7. The molecule has 0 aromatic rings. The summed E-state index contributed by atoms with van der Waals surface area (Å²) in [4.78, 5) is 84.3. The van der Waals surface area contributed by atoms with Gasteiger partial charge in [-0.25, -0.2) is 0 Å². The van der Waals surface area contributed by atoms with E-state index in [2.05, 4.69) is 5.32 Å². The first kappa shape index (κ1) is 48.7. The Morgan fingerprint density at radius 3 is 1.19 bits per heavy atom. The highest BCUT2D eigenvalue weighted by Crippen LogP contribution is 2.17. The fraction of sp³-hybridized carbons (Fsp3) is 0.842. The standard InChI is InChI=1S/C38H69N5O11/c1-35(2,3)51-31(47)25-40-17-19-41(26-32(48)52-36(4,5)6)21-23-43(24-22-42(20-18-40)27-33(49)53-37(7,8)9)28(34(50)54-38(10,11)12)13-14-29(44)39-16-15-30(45)46/h28H,13-27H2,1-12H3,(H,39,44)(H,45,46). The summed E-state index contributed by atoms with van der Waals surface area (Å²) < 4.78 is 22.7. The van der Waals surface area contributed by atoms with Gasteiger partial charge < -0.3 is 29.4 Å². The van der Waals surface area contributed by atoms with Crippen molar-refractivity contribution in [3.05, 3.63) is 0 Å². The monoisotopic (exact) mass is 771 g/mol. The Kier molecular flexibility index (Phi) is 19.5. The first-order valence-corrected chi connectivity index (χ1v) is 18.9. The molecule has 2 N–H and O–H groups in total. The third-order valence-electron chi connectivity index (χ3n) is 7.62. The van der Waals surface area contributed by atoms with Crippen molar-refractivity contribution in [2.75, 3.05) is 78.5 Å². The molecule has 1 fully saturated rings. The van der Waals surface area contributed by atoms with Crippen molar-refractivity contribution in [2.24, 2.45) is 0 Å². The number of carboxylic acid groups (broad SMARTS) is 1. The van der Waals surface area contributed by atoms with E-state index in [1.807, 2.05) is 19.6 Å². The van der Waals surface area contributed by atoms with Crippen molar-refractivity contribution in [3.63, 3.8) is 0 Å². The fourth-order valence-corrected chi connectivity index (χ4v) is 5.49. The summed E-state index contributed by atoms with van der Waals surface area (Å²) in [7, 11) is 0. The molecular formula is C38H69N5O11. The molecule has 1 aliphatic heterocycles. The van der Waals surface area contributed by atoms with E-state index in [-0.39, 0.29) is 58.5 Å². The van der Waals surface area contributed by atoms with E-state index in [4.69, 9.17) is 24.1 Å². The zero-order chi connectivity index (χ0) is 41.5. The molecule has 16 heteroatoms. The Morgan fingerprint density at radius 2 is 0.870 bits per heavy atom. The highest BCUT2D eigenvalue weighted by Gasteiger charge is 2.33. The van der Waals surface area contributed by atoms with Crippen LogP contribution in [0.15, 0.2) is 0 Å². The number of hydrogen-bond acceptors (Lipinski definition) is 14. The van der Waals surface area contributed by atoms with Crippen molar-refractivity contribution in [3.8, 4) is 0 Å².